The lowest BCUT2D eigenvalue weighted by Crippen LogP contribution is -2.47. The van der Waals surface area contributed by atoms with Crippen LogP contribution in [-0.4, -0.2) is 54.0 Å². The van der Waals surface area contributed by atoms with Crippen LogP contribution in [0.2, 0.25) is 0 Å². The molecule has 3 rings (SSSR count). The number of hydrogen-bond donors (Lipinski definition) is 2. The molecule has 2 N–H and O–H groups in total. The van der Waals surface area contributed by atoms with E-state index < -0.39 is 0 Å². The number of carbonyl (C=O) groups excluding carboxylic acids is 1. The summed E-state index contributed by atoms with van der Waals surface area (Å²) in [6, 6.07) is 5.28. The van der Waals surface area contributed by atoms with Crippen molar-refractivity contribution >= 4 is 5.91 Å². The highest BCUT2D eigenvalue weighted by molar-refractivity contribution is 5.94. The van der Waals surface area contributed by atoms with Gasteiger partial charge in [0, 0.05) is 43.2 Å². The van der Waals surface area contributed by atoms with Gasteiger partial charge >= 0.3 is 0 Å². The molecule has 1 aliphatic rings. The van der Waals surface area contributed by atoms with Crippen molar-refractivity contribution in [2.24, 2.45) is 5.41 Å². The minimum Gasteiger partial charge on any atom is -0.384 e. The minimum absolute atomic E-state index is 0.00744. The molecule has 1 aliphatic heterocycles. The number of amides is 1. The van der Waals surface area contributed by atoms with E-state index in [1.165, 1.54) is 0 Å². The number of piperidine rings is 1. The molecule has 1 saturated heterocycles. The number of hydrogen-bond acceptors (Lipinski definition) is 5. The molecular weight excluding hydrogens is 306 g/mol. The van der Waals surface area contributed by atoms with E-state index in [1.54, 1.807) is 42.5 Å². The van der Waals surface area contributed by atoms with Crippen LogP contribution in [0.3, 0.4) is 0 Å². The van der Waals surface area contributed by atoms with Crippen molar-refractivity contribution in [3.05, 3.63) is 42.4 Å². The lowest BCUT2D eigenvalue weighted by Gasteiger charge is -2.37. The molecule has 0 aliphatic carbocycles. The van der Waals surface area contributed by atoms with Crippen LogP contribution in [0.15, 0.2) is 36.8 Å². The van der Waals surface area contributed by atoms with Crippen molar-refractivity contribution < 1.29 is 9.53 Å². The van der Waals surface area contributed by atoms with Crippen LogP contribution < -0.4 is 10.6 Å². The first kappa shape index (κ1) is 16.6. The fraction of sp³-hybridized carbons (Fsp3) is 0.471. The SMILES string of the molecule is COCC1(CNC(=O)c2ccnc(-n3cccn3)c2)CCNCC1. The molecule has 2 aromatic rings. The van der Waals surface area contributed by atoms with Crippen molar-refractivity contribution in [2.45, 2.75) is 12.8 Å². The number of carbonyl (C=O) groups is 1. The first-order valence-corrected chi connectivity index (χ1v) is 8.16. The predicted molar refractivity (Wildman–Crippen MR) is 90.1 cm³/mol. The van der Waals surface area contributed by atoms with Crippen molar-refractivity contribution in [3.8, 4) is 5.82 Å². The van der Waals surface area contributed by atoms with Crippen LogP contribution in [-0.2, 0) is 4.74 Å². The van der Waals surface area contributed by atoms with Gasteiger partial charge in [-0.15, -0.1) is 0 Å². The first-order valence-electron chi connectivity index (χ1n) is 8.16. The molecule has 1 amide bonds. The molecule has 128 valence electrons. The summed E-state index contributed by atoms with van der Waals surface area (Å²) in [6.07, 6.45) is 7.10. The molecule has 2 aromatic heterocycles. The maximum Gasteiger partial charge on any atom is 0.251 e. The van der Waals surface area contributed by atoms with Gasteiger partial charge < -0.3 is 15.4 Å². The summed E-state index contributed by atoms with van der Waals surface area (Å²) in [7, 11) is 1.71. The number of methoxy groups -OCH3 is 1. The van der Waals surface area contributed by atoms with Crippen LogP contribution in [0.4, 0.5) is 0 Å². The zero-order valence-electron chi connectivity index (χ0n) is 13.9. The van der Waals surface area contributed by atoms with E-state index in [0.717, 1.165) is 25.9 Å². The van der Waals surface area contributed by atoms with Crippen LogP contribution in [0, 0.1) is 5.41 Å². The summed E-state index contributed by atoms with van der Waals surface area (Å²) in [6.45, 7) is 3.18. The van der Waals surface area contributed by atoms with Gasteiger partial charge in [-0.05, 0) is 44.1 Å². The number of nitrogens with one attached hydrogen (secondary N) is 2. The summed E-state index contributed by atoms with van der Waals surface area (Å²) in [4.78, 5) is 16.8. The Hall–Kier alpha value is -2.25. The zero-order chi connectivity index (χ0) is 16.8. The first-order chi connectivity index (χ1) is 11.7. The average molecular weight is 329 g/mol. The molecule has 0 aromatic carbocycles. The number of rotatable bonds is 6. The highest BCUT2D eigenvalue weighted by Gasteiger charge is 2.32. The molecule has 0 saturated carbocycles. The lowest BCUT2D eigenvalue weighted by molar-refractivity contribution is 0.0511. The van der Waals surface area contributed by atoms with Gasteiger partial charge in [-0.25, -0.2) is 9.67 Å². The number of aromatic nitrogens is 3. The van der Waals surface area contributed by atoms with Gasteiger partial charge in [-0.2, -0.15) is 5.10 Å². The zero-order valence-corrected chi connectivity index (χ0v) is 13.9. The Morgan fingerprint density at radius 3 is 2.96 bits per heavy atom. The van der Waals surface area contributed by atoms with Gasteiger partial charge in [-0.3, -0.25) is 4.79 Å². The van der Waals surface area contributed by atoms with Crippen molar-refractivity contribution in [1.29, 1.82) is 0 Å². The van der Waals surface area contributed by atoms with E-state index in [4.69, 9.17) is 4.74 Å². The van der Waals surface area contributed by atoms with Gasteiger partial charge in [-0.1, -0.05) is 0 Å². The van der Waals surface area contributed by atoms with E-state index >= 15 is 0 Å². The van der Waals surface area contributed by atoms with E-state index in [9.17, 15) is 4.79 Å². The molecule has 1 fully saturated rings. The normalized spacial score (nSPS) is 16.7. The smallest absolute Gasteiger partial charge is 0.251 e. The number of ether oxygens (including phenoxy) is 1. The fourth-order valence-corrected chi connectivity index (χ4v) is 3.09. The number of nitrogens with zero attached hydrogens (tertiary/aromatic N) is 3. The molecule has 7 heteroatoms. The van der Waals surface area contributed by atoms with Crippen LogP contribution in [0.25, 0.3) is 5.82 Å². The molecular formula is C17H23N5O2. The second kappa shape index (κ2) is 7.55. The second-order valence-electron chi connectivity index (χ2n) is 6.22. The van der Waals surface area contributed by atoms with E-state index in [0.29, 0.717) is 24.5 Å². The lowest BCUT2D eigenvalue weighted by atomic mass is 9.79. The summed E-state index contributed by atoms with van der Waals surface area (Å²) >= 11 is 0. The molecule has 3 heterocycles. The van der Waals surface area contributed by atoms with E-state index in [2.05, 4.69) is 20.7 Å². The fourth-order valence-electron chi connectivity index (χ4n) is 3.09. The largest absolute Gasteiger partial charge is 0.384 e. The summed E-state index contributed by atoms with van der Waals surface area (Å²) in [5.74, 6) is 0.529. The summed E-state index contributed by atoms with van der Waals surface area (Å²) < 4.78 is 7.02. The maximum absolute atomic E-state index is 12.5. The van der Waals surface area contributed by atoms with Gasteiger partial charge in [0.1, 0.15) is 0 Å². The van der Waals surface area contributed by atoms with Gasteiger partial charge in [0.2, 0.25) is 0 Å². The third-order valence-corrected chi connectivity index (χ3v) is 4.49. The highest BCUT2D eigenvalue weighted by Crippen LogP contribution is 2.28. The quantitative estimate of drug-likeness (QED) is 0.827. The molecule has 0 radical (unpaired) electrons. The predicted octanol–water partition coefficient (Wildman–Crippen LogP) is 1.01. The topological polar surface area (TPSA) is 81.1 Å². The Balaban J connectivity index is 1.67. The van der Waals surface area contributed by atoms with Gasteiger partial charge in [0.25, 0.3) is 5.91 Å². The number of pyridine rings is 1. The highest BCUT2D eigenvalue weighted by atomic mass is 16.5. The van der Waals surface area contributed by atoms with Crippen LogP contribution in [0.5, 0.6) is 0 Å². The van der Waals surface area contributed by atoms with Crippen molar-refractivity contribution in [3.63, 3.8) is 0 Å². The Morgan fingerprint density at radius 2 is 2.25 bits per heavy atom. The third kappa shape index (κ3) is 3.80. The van der Waals surface area contributed by atoms with Crippen LogP contribution in [0.1, 0.15) is 23.2 Å². The monoisotopic (exact) mass is 329 g/mol. The van der Waals surface area contributed by atoms with Crippen LogP contribution >= 0.6 is 0 Å². The van der Waals surface area contributed by atoms with Gasteiger partial charge in [0.15, 0.2) is 5.82 Å². The molecule has 0 atom stereocenters. The maximum atomic E-state index is 12.5. The minimum atomic E-state index is -0.0974. The Morgan fingerprint density at radius 1 is 1.42 bits per heavy atom. The molecule has 7 nitrogen and oxygen atoms in total. The van der Waals surface area contributed by atoms with Crippen molar-refractivity contribution in [2.75, 3.05) is 33.4 Å². The Bertz CT molecular complexity index is 660. The van der Waals surface area contributed by atoms with Gasteiger partial charge in [0.05, 0.1) is 6.61 Å². The standard InChI is InChI=1S/C17H23N5O2/c1-24-13-17(4-8-18-9-5-17)12-20-16(23)14-3-7-19-15(11-14)22-10-2-6-21-22/h2-3,6-7,10-11,18H,4-5,8-9,12-13H2,1H3,(H,20,23). The summed E-state index contributed by atoms with van der Waals surface area (Å²) in [5.41, 5.74) is 0.588. The second-order valence-corrected chi connectivity index (χ2v) is 6.22. The average Bonchev–Trinajstić information content (AvgIpc) is 3.16. The molecule has 0 spiro atoms. The molecule has 24 heavy (non-hydrogen) atoms. The third-order valence-electron chi connectivity index (χ3n) is 4.49. The van der Waals surface area contributed by atoms with Crippen molar-refractivity contribution in [1.82, 2.24) is 25.4 Å². The van der Waals surface area contributed by atoms with E-state index in [1.807, 2.05) is 6.07 Å². The summed E-state index contributed by atoms with van der Waals surface area (Å²) in [5, 5.41) is 10.6. The Labute approximate surface area is 141 Å². The van der Waals surface area contributed by atoms with E-state index in [-0.39, 0.29) is 11.3 Å². The Kier molecular flexibility index (Phi) is 5.22. The molecule has 0 unspecified atom stereocenters. The molecule has 0 bridgehead atoms.